The first-order valence-corrected chi connectivity index (χ1v) is 8.89. The molecule has 23 heavy (non-hydrogen) atoms. The van der Waals surface area contributed by atoms with Crippen LogP contribution in [0.2, 0.25) is 10.0 Å². The highest BCUT2D eigenvalue weighted by atomic mass is 35.5. The van der Waals surface area contributed by atoms with Gasteiger partial charge in [0.2, 0.25) is 5.91 Å². The molecule has 0 aliphatic rings. The standard InChI is InChI=1S/C17H17Cl2NO2S/c1-22-9-12-4-2-5-13(8-12)20-17(21)11-23-10-14-15(18)6-3-7-16(14)19/h2-8H,9-11H2,1H3,(H,20,21). The molecule has 0 atom stereocenters. The summed E-state index contributed by atoms with van der Waals surface area (Å²) < 4.78 is 5.08. The minimum Gasteiger partial charge on any atom is -0.380 e. The number of ether oxygens (including phenoxy) is 1. The van der Waals surface area contributed by atoms with E-state index in [9.17, 15) is 4.79 Å². The van der Waals surface area contributed by atoms with Crippen LogP contribution in [0.15, 0.2) is 42.5 Å². The van der Waals surface area contributed by atoms with Crippen molar-refractivity contribution in [3.63, 3.8) is 0 Å². The second-order valence-electron chi connectivity index (χ2n) is 4.87. The zero-order chi connectivity index (χ0) is 16.7. The summed E-state index contributed by atoms with van der Waals surface area (Å²) in [6.45, 7) is 0.517. The molecule has 122 valence electrons. The van der Waals surface area contributed by atoms with Gasteiger partial charge in [0.05, 0.1) is 12.4 Å². The number of carbonyl (C=O) groups is 1. The second-order valence-corrected chi connectivity index (χ2v) is 6.67. The Morgan fingerprint density at radius 2 is 1.87 bits per heavy atom. The fraction of sp³-hybridized carbons (Fsp3) is 0.235. The van der Waals surface area contributed by atoms with Crippen LogP contribution in [0.25, 0.3) is 0 Å². The van der Waals surface area contributed by atoms with E-state index in [1.165, 1.54) is 11.8 Å². The van der Waals surface area contributed by atoms with E-state index in [0.717, 1.165) is 16.8 Å². The van der Waals surface area contributed by atoms with Crippen LogP contribution < -0.4 is 5.32 Å². The number of rotatable bonds is 7. The highest BCUT2D eigenvalue weighted by molar-refractivity contribution is 7.99. The first-order chi connectivity index (χ1) is 11.1. The topological polar surface area (TPSA) is 38.3 Å². The first kappa shape index (κ1) is 18.1. The molecule has 0 unspecified atom stereocenters. The normalized spacial score (nSPS) is 10.6. The van der Waals surface area contributed by atoms with Crippen molar-refractivity contribution in [2.24, 2.45) is 0 Å². The molecule has 6 heteroatoms. The molecule has 3 nitrogen and oxygen atoms in total. The molecule has 0 fully saturated rings. The highest BCUT2D eigenvalue weighted by Gasteiger charge is 2.08. The Morgan fingerprint density at radius 1 is 1.17 bits per heavy atom. The molecule has 0 saturated carbocycles. The van der Waals surface area contributed by atoms with E-state index in [4.69, 9.17) is 27.9 Å². The van der Waals surface area contributed by atoms with Crippen molar-refractivity contribution in [2.75, 3.05) is 18.2 Å². The molecule has 0 heterocycles. The Morgan fingerprint density at radius 3 is 2.57 bits per heavy atom. The summed E-state index contributed by atoms with van der Waals surface area (Å²) in [4.78, 5) is 12.0. The molecular formula is C17H17Cl2NO2S. The highest BCUT2D eigenvalue weighted by Crippen LogP contribution is 2.28. The van der Waals surface area contributed by atoms with Crippen LogP contribution in [0.3, 0.4) is 0 Å². The average molecular weight is 370 g/mol. The van der Waals surface area contributed by atoms with Crippen molar-refractivity contribution in [1.29, 1.82) is 0 Å². The summed E-state index contributed by atoms with van der Waals surface area (Å²) in [6.07, 6.45) is 0. The van der Waals surface area contributed by atoms with Crippen LogP contribution in [-0.2, 0) is 21.9 Å². The molecule has 0 aromatic heterocycles. The number of thioether (sulfide) groups is 1. The fourth-order valence-electron chi connectivity index (χ4n) is 2.02. The summed E-state index contributed by atoms with van der Waals surface area (Å²) in [5.74, 6) is 0.860. The molecule has 2 rings (SSSR count). The van der Waals surface area contributed by atoms with Crippen LogP contribution in [0.4, 0.5) is 5.69 Å². The van der Waals surface area contributed by atoms with Crippen LogP contribution in [0.1, 0.15) is 11.1 Å². The van der Waals surface area contributed by atoms with E-state index in [1.807, 2.05) is 24.3 Å². The van der Waals surface area contributed by atoms with Crippen LogP contribution in [-0.4, -0.2) is 18.8 Å². The number of hydrogen-bond donors (Lipinski definition) is 1. The van der Waals surface area contributed by atoms with Gasteiger partial charge in [-0.3, -0.25) is 4.79 Å². The molecule has 0 bridgehead atoms. The maximum absolute atomic E-state index is 12.0. The lowest BCUT2D eigenvalue weighted by Crippen LogP contribution is -2.14. The van der Waals surface area contributed by atoms with Crippen LogP contribution in [0, 0.1) is 0 Å². The second kappa shape index (κ2) is 9.18. The summed E-state index contributed by atoms with van der Waals surface area (Å²) in [5.41, 5.74) is 2.64. The van der Waals surface area contributed by atoms with Gasteiger partial charge in [0.15, 0.2) is 0 Å². The van der Waals surface area contributed by atoms with Crippen molar-refractivity contribution < 1.29 is 9.53 Å². The zero-order valence-corrected chi connectivity index (χ0v) is 15.0. The van der Waals surface area contributed by atoms with E-state index in [1.54, 1.807) is 25.3 Å². The van der Waals surface area contributed by atoms with Crippen molar-refractivity contribution in [3.05, 3.63) is 63.6 Å². The molecule has 1 amide bonds. The molecular weight excluding hydrogens is 353 g/mol. The molecule has 2 aromatic carbocycles. The van der Waals surface area contributed by atoms with Crippen LogP contribution >= 0.6 is 35.0 Å². The fourth-order valence-corrected chi connectivity index (χ4v) is 3.58. The van der Waals surface area contributed by atoms with Gasteiger partial charge < -0.3 is 10.1 Å². The lowest BCUT2D eigenvalue weighted by molar-refractivity contribution is -0.113. The van der Waals surface area contributed by atoms with Gasteiger partial charge >= 0.3 is 0 Å². The summed E-state index contributed by atoms with van der Waals surface area (Å²) >= 11 is 13.7. The van der Waals surface area contributed by atoms with E-state index in [0.29, 0.717) is 28.2 Å². The number of methoxy groups -OCH3 is 1. The maximum atomic E-state index is 12.0. The Bertz CT molecular complexity index is 659. The minimum atomic E-state index is -0.0623. The van der Waals surface area contributed by atoms with Gasteiger partial charge in [-0.15, -0.1) is 11.8 Å². The van der Waals surface area contributed by atoms with Crippen molar-refractivity contribution >= 4 is 46.6 Å². The summed E-state index contributed by atoms with van der Waals surface area (Å²) in [6, 6.07) is 13.0. The van der Waals surface area contributed by atoms with E-state index >= 15 is 0 Å². The quantitative estimate of drug-likeness (QED) is 0.744. The van der Waals surface area contributed by atoms with Gasteiger partial charge in [-0.05, 0) is 35.4 Å². The molecule has 0 aliphatic carbocycles. The number of amides is 1. The number of carbonyl (C=O) groups excluding carboxylic acids is 1. The third-order valence-electron chi connectivity index (χ3n) is 3.06. The van der Waals surface area contributed by atoms with E-state index in [-0.39, 0.29) is 5.91 Å². The average Bonchev–Trinajstić information content (AvgIpc) is 2.51. The van der Waals surface area contributed by atoms with Gasteiger partial charge in [-0.25, -0.2) is 0 Å². The molecule has 0 radical (unpaired) electrons. The summed E-state index contributed by atoms with van der Waals surface area (Å²) in [5, 5.41) is 4.12. The number of nitrogens with one attached hydrogen (secondary N) is 1. The minimum absolute atomic E-state index is 0.0623. The van der Waals surface area contributed by atoms with Gasteiger partial charge in [0, 0.05) is 28.6 Å². The maximum Gasteiger partial charge on any atom is 0.234 e. The predicted octanol–water partition coefficient (Wildman–Crippen LogP) is 5.01. The molecule has 0 aliphatic heterocycles. The SMILES string of the molecule is COCc1cccc(NC(=O)CSCc2c(Cl)cccc2Cl)c1. The van der Waals surface area contributed by atoms with Crippen molar-refractivity contribution in [1.82, 2.24) is 0 Å². The number of anilines is 1. The molecule has 2 aromatic rings. The number of benzene rings is 2. The van der Waals surface area contributed by atoms with Crippen molar-refractivity contribution in [2.45, 2.75) is 12.4 Å². The number of halogens is 2. The van der Waals surface area contributed by atoms with E-state index < -0.39 is 0 Å². The van der Waals surface area contributed by atoms with Gasteiger partial charge in [-0.2, -0.15) is 0 Å². The predicted molar refractivity (Wildman–Crippen MR) is 98.4 cm³/mol. The van der Waals surface area contributed by atoms with Gasteiger partial charge in [0.25, 0.3) is 0 Å². The Kier molecular flexibility index (Phi) is 7.24. The van der Waals surface area contributed by atoms with Crippen molar-refractivity contribution in [3.8, 4) is 0 Å². The number of hydrogen-bond acceptors (Lipinski definition) is 3. The summed E-state index contributed by atoms with van der Waals surface area (Å²) in [7, 11) is 1.64. The Hall–Kier alpha value is -1.20. The third kappa shape index (κ3) is 5.74. The van der Waals surface area contributed by atoms with Gasteiger partial charge in [0.1, 0.15) is 0 Å². The third-order valence-corrected chi connectivity index (χ3v) is 4.73. The molecule has 0 spiro atoms. The monoisotopic (exact) mass is 369 g/mol. The molecule has 1 N–H and O–H groups in total. The molecule has 0 saturated heterocycles. The Labute approximate surface area is 150 Å². The van der Waals surface area contributed by atoms with E-state index in [2.05, 4.69) is 5.32 Å². The largest absolute Gasteiger partial charge is 0.380 e. The lowest BCUT2D eigenvalue weighted by atomic mass is 10.2. The first-order valence-electron chi connectivity index (χ1n) is 6.98. The van der Waals surface area contributed by atoms with Gasteiger partial charge in [-0.1, -0.05) is 41.4 Å². The zero-order valence-electron chi connectivity index (χ0n) is 12.6. The van der Waals surface area contributed by atoms with Crippen LogP contribution in [0.5, 0.6) is 0 Å². The lowest BCUT2D eigenvalue weighted by Gasteiger charge is -2.08. The smallest absolute Gasteiger partial charge is 0.234 e. The Balaban J connectivity index is 1.85.